The average Bonchev–Trinajstić information content (AvgIpc) is 2.19. The van der Waals surface area contributed by atoms with Crippen molar-refractivity contribution in [2.75, 3.05) is 0 Å². The molecular formula is C11H11F3O2. The van der Waals surface area contributed by atoms with E-state index in [2.05, 4.69) is 0 Å². The van der Waals surface area contributed by atoms with Crippen LogP contribution in [0.15, 0.2) is 12.1 Å². The second kappa shape index (κ2) is 5.01. The first-order valence-corrected chi connectivity index (χ1v) is 4.77. The van der Waals surface area contributed by atoms with Crippen molar-refractivity contribution >= 4 is 5.97 Å². The lowest BCUT2D eigenvalue weighted by molar-refractivity contribution is -0.136. The molecule has 1 N–H and O–H groups in total. The van der Waals surface area contributed by atoms with Crippen molar-refractivity contribution in [1.82, 2.24) is 0 Å². The molecule has 0 spiro atoms. The summed E-state index contributed by atoms with van der Waals surface area (Å²) in [5, 5.41) is 8.52. The molecule has 1 aromatic carbocycles. The van der Waals surface area contributed by atoms with Gasteiger partial charge in [0, 0.05) is 5.56 Å². The summed E-state index contributed by atoms with van der Waals surface area (Å²) in [4.78, 5) is 10.4. The molecule has 0 heterocycles. The third-order valence-corrected chi connectivity index (χ3v) is 2.29. The van der Waals surface area contributed by atoms with Crippen LogP contribution in [0.5, 0.6) is 0 Å². The summed E-state index contributed by atoms with van der Waals surface area (Å²) in [6.45, 7) is 1.55. The van der Waals surface area contributed by atoms with Crippen LogP contribution in [0, 0.1) is 5.82 Å². The monoisotopic (exact) mass is 232 g/mol. The van der Waals surface area contributed by atoms with Gasteiger partial charge in [-0.3, -0.25) is 4.79 Å². The van der Waals surface area contributed by atoms with Gasteiger partial charge in [0.1, 0.15) is 5.82 Å². The maximum Gasteiger partial charge on any atom is 0.307 e. The number of alkyl halides is 2. The molecule has 1 rings (SSSR count). The fourth-order valence-electron chi connectivity index (χ4n) is 1.55. The van der Waals surface area contributed by atoms with Gasteiger partial charge in [-0.05, 0) is 17.5 Å². The summed E-state index contributed by atoms with van der Waals surface area (Å²) in [6, 6.07) is 2.19. The van der Waals surface area contributed by atoms with E-state index in [1.54, 1.807) is 6.92 Å². The first-order valence-electron chi connectivity index (χ1n) is 4.77. The van der Waals surface area contributed by atoms with Crippen molar-refractivity contribution in [2.45, 2.75) is 26.2 Å². The molecular weight excluding hydrogens is 221 g/mol. The van der Waals surface area contributed by atoms with E-state index in [1.807, 2.05) is 0 Å². The molecule has 0 aromatic heterocycles. The van der Waals surface area contributed by atoms with Gasteiger partial charge in [0.05, 0.1) is 6.42 Å². The Morgan fingerprint density at radius 1 is 1.44 bits per heavy atom. The van der Waals surface area contributed by atoms with Crippen LogP contribution in [0.1, 0.15) is 30.0 Å². The highest BCUT2D eigenvalue weighted by Gasteiger charge is 2.18. The number of hydrogen-bond acceptors (Lipinski definition) is 1. The molecule has 0 radical (unpaired) electrons. The lowest BCUT2D eigenvalue weighted by atomic mass is 9.99. The molecule has 0 aliphatic heterocycles. The van der Waals surface area contributed by atoms with E-state index in [0.29, 0.717) is 0 Å². The van der Waals surface area contributed by atoms with Gasteiger partial charge in [0.15, 0.2) is 0 Å². The van der Waals surface area contributed by atoms with Crippen molar-refractivity contribution < 1.29 is 23.1 Å². The van der Waals surface area contributed by atoms with Crippen LogP contribution in [-0.2, 0) is 17.6 Å². The van der Waals surface area contributed by atoms with E-state index in [1.165, 1.54) is 0 Å². The largest absolute Gasteiger partial charge is 0.481 e. The number of carboxylic acid groups (broad SMARTS) is 1. The van der Waals surface area contributed by atoms with Crippen molar-refractivity contribution in [2.24, 2.45) is 0 Å². The van der Waals surface area contributed by atoms with Crippen molar-refractivity contribution in [1.29, 1.82) is 0 Å². The van der Waals surface area contributed by atoms with E-state index in [0.717, 1.165) is 12.1 Å². The van der Waals surface area contributed by atoms with Crippen LogP contribution < -0.4 is 0 Å². The van der Waals surface area contributed by atoms with Gasteiger partial charge in [0.2, 0.25) is 0 Å². The third-order valence-electron chi connectivity index (χ3n) is 2.29. The predicted octanol–water partition coefficient (Wildman–Crippen LogP) is 2.95. The molecule has 0 aliphatic carbocycles. The molecule has 0 saturated heterocycles. The molecule has 0 unspecified atom stereocenters. The number of carboxylic acids is 1. The zero-order chi connectivity index (χ0) is 12.3. The number of rotatable bonds is 4. The highest BCUT2D eigenvalue weighted by molar-refractivity contribution is 5.70. The Morgan fingerprint density at radius 3 is 2.50 bits per heavy atom. The van der Waals surface area contributed by atoms with Crippen LogP contribution in [0.3, 0.4) is 0 Å². The lowest BCUT2D eigenvalue weighted by Gasteiger charge is -2.11. The second-order valence-electron chi connectivity index (χ2n) is 3.33. The lowest BCUT2D eigenvalue weighted by Crippen LogP contribution is -2.07. The molecule has 0 saturated carbocycles. The van der Waals surface area contributed by atoms with Crippen LogP contribution in [0.4, 0.5) is 13.2 Å². The number of halogens is 3. The highest BCUT2D eigenvalue weighted by Crippen LogP contribution is 2.27. The topological polar surface area (TPSA) is 37.3 Å². The minimum Gasteiger partial charge on any atom is -0.481 e. The van der Waals surface area contributed by atoms with Gasteiger partial charge in [-0.25, -0.2) is 13.2 Å². The normalized spacial score (nSPS) is 10.8. The SMILES string of the molecule is CCc1c(C(F)F)ccc(CC(=O)O)c1F. The predicted molar refractivity (Wildman–Crippen MR) is 52.1 cm³/mol. The Labute approximate surface area is 90.7 Å². The maximum atomic E-state index is 13.7. The summed E-state index contributed by atoms with van der Waals surface area (Å²) < 4.78 is 38.7. The molecule has 5 heteroatoms. The maximum absolute atomic E-state index is 13.7. The molecule has 0 bridgehead atoms. The summed E-state index contributed by atoms with van der Waals surface area (Å²) in [5.74, 6) is -2.02. The van der Waals surface area contributed by atoms with Crippen LogP contribution in [0.2, 0.25) is 0 Å². The Kier molecular flexibility index (Phi) is 3.93. The number of carbonyl (C=O) groups is 1. The first kappa shape index (κ1) is 12.5. The van der Waals surface area contributed by atoms with Crippen molar-refractivity contribution in [3.8, 4) is 0 Å². The Morgan fingerprint density at radius 2 is 2.06 bits per heavy atom. The van der Waals surface area contributed by atoms with Gasteiger partial charge in [-0.2, -0.15) is 0 Å². The average molecular weight is 232 g/mol. The fourth-order valence-corrected chi connectivity index (χ4v) is 1.55. The first-order chi connectivity index (χ1) is 7.47. The fraction of sp³-hybridized carbons (Fsp3) is 0.364. The van der Waals surface area contributed by atoms with E-state index in [-0.39, 0.29) is 23.1 Å². The van der Waals surface area contributed by atoms with Crippen LogP contribution in [-0.4, -0.2) is 11.1 Å². The molecule has 16 heavy (non-hydrogen) atoms. The summed E-state index contributed by atoms with van der Waals surface area (Å²) >= 11 is 0. The number of hydrogen-bond donors (Lipinski definition) is 1. The standard InChI is InChI=1S/C11H11F3O2/c1-2-7-8(11(13)14)4-3-6(10(7)12)5-9(15)16/h3-4,11H,2,5H2,1H3,(H,15,16). The zero-order valence-corrected chi connectivity index (χ0v) is 8.64. The molecule has 2 nitrogen and oxygen atoms in total. The number of aliphatic carboxylic acids is 1. The molecule has 1 aromatic rings. The van der Waals surface area contributed by atoms with E-state index < -0.39 is 24.6 Å². The molecule has 0 aliphatic rings. The third kappa shape index (κ3) is 2.53. The highest BCUT2D eigenvalue weighted by atomic mass is 19.3. The van der Waals surface area contributed by atoms with Gasteiger partial charge < -0.3 is 5.11 Å². The number of benzene rings is 1. The van der Waals surface area contributed by atoms with Crippen LogP contribution in [0.25, 0.3) is 0 Å². The quantitative estimate of drug-likeness (QED) is 0.866. The minimum atomic E-state index is -2.75. The van der Waals surface area contributed by atoms with Crippen LogP contribution >= 0.6 is 0 Å². The van der Waals surface area contributed by atoms with Gasteiger partial charge in [0.25, 0.3) is 6.43 Å². The molecule has 0 fully saturated rings. The Balaban J connectivity index is 3.23. The van der Waals surface area contributed by atoms with E-state index in [9.17, 15) is 18.0 Å². The van der Waals surface area contributed by atoms with Crippen molar-refractivity contribution in [3.63, 3.8) is 0 Å². The second-order valence-corrected chi connectivity index (χ2v) is 3.33. The zero-order valence-electron chi connectivity index (χ0n) is 8.64. The summed E-state index contributed by atoms with van der Waals surface area (Å²) in [5.41, 5.74) is -0.531. The van der Waals surface area contributed by atoms with Gasteiger partial charge >= 0.3 is 5.97 Å². The van der Waals surface area contributed by atoms with Gasteiger partial charge in [-0.1, -0.05) is 19.1 Å². The Bertz CT molecular complexity index is 402. The smallest absolute Gasteiger partial charge is 0.307 e. The molecule has 0 amide bonds. The summed E-state index contributed by atoms with van der Waals surface area (Å²) in [7, 11) is 0. The Hall–Kier alpha value is -1.52. The minimum absolute atomic E-state index is 0.0613. The van der Waals surface area contributed by atoms with Gasteiger partial charge in [-0.15, -0.1) is 0 Å². The van der Waals surface area contributed by atoms with E-state index >= 15 is 0 Å². The van der Waals surface area contributed by atoms with Crippen molar-refractivity contribution in [3.05, 3.63) is 34.6 Å². The summed E-state index contributed by atoms with van der Waals surface area (Å²) in [6.07, 6.45) is -3.13. The van der Waals surface area contributed by atoms with E-state index in [4.69, 9.17) is 5.11 Å². The molecule has 0 atom stereocenters. The molecule has 88 valence electrons.